The summed E-state index contributed by atoms with van der Waals surface area (Å²) < 4.78 is 1.51. The molecule has 0 radical (unpaired) electrons. The van der Waals surface area contributed by atoms with Crippen molar-refractivity contribution < 1.29 is 9.90 Å². The van der Waals surface area contributed by atoms with E-state index in [0.29, 0.717) is 11.3 Å². The Hall–Kier alpha value is -2.28. The van der Waals surface area contributed by atoms with E-state index in [1.165, 1.54) is 4.52 Å². The van der Waals surface area contributed by atoms with Gasteiger partial charge in [0.15, 0.2) is 11.3 Å². The summed E-state index contributed by atoms with van der Waals surface area (Å²) in [7, 11) is 0. The first kappa shape index (κ1) is 10.8. The lowest BCUT2D eigenvalue weighted by molar-refractivity contribution is 0.0687. The lowest BCUT2D eigenvalue weighted by Gasteiger charge is -2.00. The standard InChI is InChI=1S/C11H8N4O2S/c1-6-10(11(16)17)13-12-9-5-7(14-15(6)9)8-3-2-4-18-8/h2-5H,1H3,(H,16,17). The third kappa shape index (κ3) is 1.56. The van der Waals surface area contributed by atoms with Crippen molar-refractivity contribution in [2.45, 2.75) is 6.92 Å². The number of hydrogen-bond donors (Lipinski definition) is 1. The van der Waals surface area contributed by atoms with Gasteiger partial charge in [0.25, 0.3) is 0 Å². The number of nitrogens with zero attached hydrogens (tertiary/aromatic N) is 4. The fraction of sp³-hybridized carbons (Fsp3) is 0.0909. The molecule has 0 aliphatic rings. The van der Waals surface area contributed by atoms with Crippen molar-refractivity contribution in [2.24, 2.45) is 0 Å². The lowest BCUT2D eigenvalue weighted by Crippen LogP contribution is -2.10. The van der Waals surface area contributed by atoms with E-state index in [2.05, 4.69) is 15.3 Å². The van der Waals surface area contributed by atoms with E-state index < -0.39 is 5.97 Å². The third-order valence-corrected chi connectivity index (χ3v) is 3.47. The van der Waals surface area contributed by atoms with Gasteiger partial charge >= 0.3 is 5.97 Å². The number of carboxylic acids is 1. The van der Waals surface area contributed by atoms with E-state index >= 15 is 0 Å². The molecule has 90 valence electrons. The molecule has 3 rings (SSSR count). The van der Waals surface area contributed by atoms with Crippen molar-refractivity contribution in [2.75, 3.05) is 0 Å². The first-order valence-corrected chi connectivity index (χ1v) is 6.05. The van der Waals surface area contributed by atoms with Crippen LogP contribution in [0.1, 0.15) is 16.2 Å². The van der Waals surface area contributed by atoms with Crippen LogP contribution in [0, 0.1) is 6.92 Å². The molecule has 0 atom stereocenters. The topological polar surface area (TPSA) is 80.4 Å². The molecule has 0 aliphatic carbocycles. The Kier molecular flexibility index (Phi) is 2.34. The van der Waals surface area contributed by atoms with Crippen LogP contribution in [0.2, 0.25) is 0 Å². The zero-order chi connectivity index (χ0) is 12.7. The van der Waals surface area contributed by atoms with E-state index in [1.54, 1.807) is 24.3 Å². The first-order valence-electron chi connectivity index (χ1n) is 5.17. The monoisotopic (exact) mass is 260 g/mol. The van der Waals surface area contributed by atoms with E-state index in [-0.39, 0.29) is 5.69 Å². The minimum Gasteiger partial charge on any atom is -0.476 e. The first-order chi connectivity index (χ1) is 8.66. The summed E-state index contributed by atoms with van der Waals surface area (Å²) in [5, 5.41) is 22.9. The summed E-state index contributed by atoms with van der Waals surface area (Å²) in [5.41, 5.74) is 1.70. The number of aryl methyl sites for hydroxylation is 1. The van der Waals surface area contributed by atoms with Crippen molar-refractivity contribution in [3.63, 3.8) is 0 Å². The van der Waals surface area contributed by atoms with Gasteiger partial charge in [-0.3, -0.25) is 0 Å². The van der Waals surface area contributed by atoms with Gasteiger partial charge in [-0.25, -0.2) is 9.31 Å². The molecule has 0 amide bonds. The van der Waals surface area contributed by atoms with Crippen LogP contribution in [0.25, 0.3) is 16.2 Å². The fourth-order valence-electron chi connectivity index (χ4n) is 1.71. The molecule has 0 spiro atoms. The average Bonchev–Trinajstić information content (AvgIpc) is 2.97. The molecule has 3 aromatic heterocycles. The van der Waals surface area contributed by atoms with Gasteiger partial charge in [0.2, 0.25) is 0 Å². The number of carbonyl (C=O) groups is 1. The molecular weight excluding hydrogens is 252 g/mol. The Bertz CT molecular complexity index is 733. The van der Waals surface area contributed by atoms with Gasteiger partial charge in [0.05, 0.1) is 10.6 Å². The average molecular weight is 260 g/mol. The molecule has 0 fully saturated rings. The molecule has 1 N–H and O–H groups in total. The summed E-state index contributed by atoms with van der Waals surface area (Å²) in [4.78, 5) is 12.0. The molecule has 3 heterocycles. The van der Waals surface area contributed by atoms with Crippen LogP contribution in [-0.4, -0.2) is 30.9 Å². The van der Waals surface area contributed by atoms with Crippen molar-refractivity contribution in [3.05, 3.63) is 35.0 Å². The minimum atomic E-state index is -1.10. The summed E-state index contributed by atoms with van der Waals surface area (Å²) in [5.74, 6) is -1.10. The summed E-state index contributed by atoms with van der Waals surface area (Å²) >= 11 is 1.57. The fourth-order valence-corrected chi connectivity index (χ4v) is 2.39. The number of rotatable bonds is 2. The maximum absolute atomic E-state index is 11.0. The van der Waals surface area contributed by atoms with Crippen LogP contribution in [0.15, 0.2) is 23.6 Å². The Balaban J connectivity index is 2.24. The van der Waals surface area contributed by atoms with Gasteiger partial charge < -0.3 is 5.11 Å². The van der Waals surface area contributed by atoms with Gasteiger partial charge in [-0.05, 0) is 18.4 Å². The molecule has 0 unspecified atom stereocenters. The van der Waals surface area contributed by atoms with Crippen LogP contribution < -0.4 is 0 Å². The summed E-state index contributed by atoms with van der Waals surface area (Å²) in [6.07, 6.45) is 0. The van der Waals surface area contributed by atoms with E-state index in [4.69, 9.17) is 5.11 Å². The van der Waals surface area contributed by atoms with Crippen LogP contribution in [-0.2, 0) is 0 Å². The number of thiophene rings is 1. The number of aromatic nitrogens is 4. The summed E-state index contributed by atoms with van der Waals surface area (Å²) in [6.45, 7) is 1.66. The highest BCUT2D eigenvalue weighted by Gasteiger charge is 2.15. The van der Waals surface area contributed by atoms with Crippen molar-refractivity contribution >= 4 is 23.0 Å². The van der Waals surface area contributed by atoms with E-state index in [9.17, 15) is 4.79 Å². The summed E-state index contributed by atoms with van der Waals surface area (Å²) in [6, 6.07) is 5.68. The molecule has 18 heavy (non-hydrogen) atoms. The third-order valence-electron chi connectivity index (χ3n) is 2.58. The second-order valence-corrected chi connectivity index (χ2v) is 4.66. The van der Waals surface area contributed by atoms with Crippen molar-refractivity contribution in [1.29, 1.82) is 0 Å². The normalized spacial score (nSPS) is 10.9. The molecular formula is C11H8N4O2S. The second kappa shape index (κ2) is 3.88. The van der Waals surface area contributed by atoms with Crippen molar-refractivity contribution in [3.8, 4) is 10.6 Å². The maximum Gasteiger partial charge on any atom is 0.358 e. The molecule has 7 heteroatoms. The SMILES string of the molecule is Cc1c(C(=O)O)nnc2cc(-c3cccs3)nn12. The van der Waals surface area contributed by atoms with Crippen molar-refractivity contribution in [1.82, 2.24) is 19.8 Å². The Morgan fingerprint density at radius 1 is 1.44 bits per heavy atom. The maximum atomic E-state index is 11.0. The van der Waals surface area contributed by atoms with Crippen LogP contribution in [0.4, 0.5) is 0 Å². The molecule has 0 bridgehead atoms. The predicted molar refractivity (Wildman–Crippen MR) is 65.8 cm³/mol. The molecule has 6 nitrogen and oxygen atoms in total. The highest BCUT2D eigenvalue weighted by molar-refractivity contribution is 7.13. The van der Waals surface area contributed by atoms with Crippen LogP contribution in [0.3, 0.4) is 0 Å². The second-order valence-electron chi connectivity index (χ2n) is 3.72. The smallest absolute Gasteiger partial charge is 0.358 e. The molecule has 0 saturated heterocycles. The van der Waals surface area contributed by atoms with Gasteiger partial charge in [0.1, 0.15) is 5.69 Å². The number of carboxylic acid groups (broad SMARTS) is 1. The van der Waals surface area contributed by atoms with Gasteiger partial charge in [-0.15, -0.1) is 21.5 Å². The molecule has 0 aliphatic heterocycles. The number of aromatic carboxylic acids is 1. The van der Waals surface area contributed by atoms with Crippen LogP contribution >= 0.6 is 11.3 Å². The van der Waals surface area contributed by atoms with Gasteiger partial charge in [0, 0.05) is 6.07 Å². The highest BCUT2D eigenvalue weighted by Crippen LogP contribution is 2.24. The zero-order valence-electron chi connectivity index (χ0n) is 9.36. The Labute approximate surface area is 106 Å². The van der Waals surface area contributed by atoms with Gasteiger partial charge in [-0.1, -0.05) is 6.07 Å². The zero-order valence-corrected chi connectivity index (χ0v) is 10.2. The largest absolute Gasteiger partial charge is 0.476 e. The molecule has 3 aromatic rings. The highest BCUT2D eigenvalue weighted by atomic mass is 32.1. The minimum absolute atomic E-state index is 0.0803. The number of fused-ring (bicyclic) bond motifs is 1. The Morgan fingerprint density at radius 2 is 2.28 bits per heavy atom. The quantitative estimate of drug-likeness (QED) is 0.760. The Morgan fingerprint density at radius 3 is 2.94 bits per heavy atom. The lowest BCUT2D eigenvalue weighted by atomic mass is 10.3. The molecule has 0 aromatic carbocycles. The van der Waals surface area contributed by atoms with E-state index in [0.717, 1.165) is 10.6 Å². The van der Waals surface area contributed by atoms with E-state index in [1.807, 2.05) is 17.5 Å². The van der Waals surface area contributed by atoms with Crippen LogP contribution in [0.5, 0.6) is 0 Å². The number of hydrogen-bond acceptors (Lipinski definition) is 5. The molecule has 0 saturated carbocycles. The van der Waals surface area contributed by atoms with Gasteiger partial charge in [-0.2, -0.15) is 5.10 Å². The predicted octanol–water partition coefficient (Wildman–Crippen LogP) is 1.86.